The molecule has 0 radical (unpaired) electrons. The van der Waals surface area contributed by atoms with Gasteiger partial charge in [-0.2, -0.15) is 0 Å². The number of nitrogens with zero attached hydrogens (tertiary/aromatic N) is 2. The summed E-state index contributed by atoms with van der Waals surface area (Å²) in [7, 11) is 0. The van der Waals surface area contributed by atoms with Crippen LogP contribution < -0.4 is 11.1 Å². The number of halogens is 1. The molecule has 0 amide bonds. The topological polar surface area (TPSA) is 99.8 Å². The van der Waals surface area contributed by atoms with Crippen molar-refractivity contribution in [2.24, 2.45) is 5.73 Å². The molecule has 32 heavy (non-hydrogen) atoms. The largest absolute Gasteiger partial charge is 0.507 e. The van der Waals surface area contributed by atoms with Gasteiger partial charge in [0, 0.05) is 40.1 Å². The third kappa shape index (κ3) is 3.98. The van der Waals surface area contributed by atoms with Gasteiger partial charge in [-0.05, 0) is 48.4 Å². The number of phenols is 1. The van der Waals surface area contributed by atoms with Crippen molar-refractivity contribution in [3.63, 3.8) is 0 Å². The molecule has 160 valence electrons. The molecule has 0 bridgehead atoms. The minimum Gasteiger partial charge on any atom is -0.507 e. The van der Waals surface area contributed by atoms with Crippen LogP contribution >= 0.6 is 11.6 Å². The molecule has 0 spiro atoms. The van der Waals surface area contributed by atoms with Gasteiger partial charge in [0.15, 0.2) is 5.82 Å². The highest BCUT2D eigenvalue weighted by molar-refractivity contribution is 6.30. The molecule has 0 unspecified atom stereocenters. The average molecular weight is 444 g/mol. The lowest BCUT2D eigenvalue weighted by molar-refractivity contribution is 0.477. The van der Waals surface area contributed by atoms with E-state index >= 15 is 0 Å². The number of aromatic nitrogens is 3. The van der Waals surface area contributed by atoms with Crippen molar-refractivity contribution < 1.29 is 5.11 Å². The maximum absolute atomic E-state index is 10.3. The number of anilines is 1. The molecule has 0 aliphatic carbocycles. The van der Waals surface area contributed by atoms with Crippen LogP contribution in [-0.4, -0.2) is 32.6 Å². The van der Waals surface area contributed by atoms with E-state index in [-0.39, 0.29) is 11.8 Å². The Kier molecular flexibility index (Phi) is 5.39. The minimum atomic E-state index is -0.119. The molecule has 5 rings (SSSR count). The summed E-state index contributed by atoms with van der Waals surface area (Å²) in [4.78, 5) is 12.6. The number of nitrogens with one attached hydrogen (secondary N) is 2. The third-order valence-corrected chi connectivity index (χ3v) is 5.73. The SMILES string of the molecule is N[C@H](CNc1nc(-c2cc(Cl)ccc2O)nc2ccccc12)Cc1c[nH]c2ccccc12. The van der Waals surface area contributed by atoms with Gasteiger partial charge in [0.25, 0.3) is 0 Å². The van der Waals surface area contributed by atoms with Crippen LogP contribution in [0.2, 0.25) is 5.02 Å². The molecule has 2 heterocycles. The maximum atomic E-state index is 10.3. The molecule has 0 aliphatic rings. The van der Waals surface area contributed by atoms with E-state index in [0.717, 1.165) is 22.8 Å². The molecule has 0 saturated carbocycles. The maximum Gasteiger partial charge on any atom is 0.165 e. The number of H-pyrrole nitrogens is 1. The van der Waals surface area contributed by atoms with Crippen molar-refractivity contribution in [1.82, 2.24) is 15.0 Å². The number of phenolic OH excluding ortho intramolecular Hbond substituents is 1. The fraction of sp³-hybridized carbons (Fsp3) is 0.120. The van der Waals surface area contributed by atoms with Crippen molar-refractivity contribution in [3.05, 3.63) is 83.5 Å². The first-order valence-corrected chi connectivity index (χ1v) is 10.8. The molecule has 2 aromatic heterocycles. The summed E-state index contributed by atoms with van der Waals surface area (Å²) < 4.78 is 0. The number of para-hydroxylation sites is 2. The zero-order chi connectivity index (χ0) is 22.1. The van der Waals surface area contributed by atoms with E-state index in [2.05, 4.69) is 32.4 Å². The zero-order valence-electron chi connectivity index (χ0n) is 17.2. The number of rotatable bonds is 6. The predicted octanol–water partition coefficient (Wildman–Crippen LogP) is 5.12. The Bertz CT molecular complexity index is 1410. The summed E-state index contributed by atoms with van der Waals surface area (Å²) in [6, 6.07) is 20.7. The van der Waals surface area contributed by atoms with Gasteiger partial charge in [-0.25, -0.2) is 9.97 Å². The van der Waals surface area contributed by atoms with Gasteiger partial charge < -0.3 is 21.1 Å². The van der Waals surface area contributed by atoms with Crippen LogP contribution in [0.4, 0.5) is 5.82 Å². The van der Waals surface area contributed by atoms with Crippen molar-refractivity contribution >= 4 is 39.2 Å². The van der Waals surface area contributed by atoms with Crippen LogP contribution in [0.25, 0.3) is 33.2 Å². The van der Waals surface area contributed by atoms with Crippen molar-refractivity contribution in [1.29, 1.82) is 0 Å². The molecule has 1 atom stereocenters. The average Bonchev–Trinajstić information content (AvgIpc) is 3.21. The van der Waals surface area contributed by atoms with Gasteiger partial charge in [0.2, 0.25) is 0 Å². The second-order valence-corrected chi connectivity index (χ2v) is 8.22. The van der Waals surface area contributed by atoms with E-state index in [0.29, 0.717) is 28.8 Å². The number of hydrogen-bond acceptors (Lipinski definition) is 5. The van der Waals surface area contributed by atoms with Crippen molar-refractivity contribution in [2.75, 3.05) is 11.9 Å². The van der Waals surface area contributed by atoms with Gasteiger partial charge in [-0.1, -0.05) is 41.9 Å². The second-order valence-electron chi connectivity index (χ2n) is 7.78. The van der Waals surface area contributed by atoms with Gasteiger partial charge in [0.05, 0.1) is 11.1 Å². The van der Waals surface area contributed by atoms with Gasteiger partial charge >= 0.3 is 0 Å². The minimum absolute atomic E-state index is 0.0756. The van der Waals surface area contributed by atoms with Crippen LogP contribution in [0, 0.1) is 0 Å². The summed E-state index contributed by atoms with van der Waals surface area (Å²) in [5, 5.41) is 16.3. The molecule has 0 aliphatic heterocycles. The van der Waals surface area contributed by atoms with Gasteiger partial charge in [-0.15, -0.1) is 0 Å². The lowest BCUT2D eigenvalue weighted by atomic mass is 10.1. The highest BCUT2D eigenvalue weighted by Crippen LogP contribution is 2.32. The molecule has 5 aromatic rings. The van der Waals surface area contributed by atoms with Crippen LogP contribution in [0.1, 0.15) is 5.56 Å². The molecule has 5 N–H and O–H groups in total. The monoisotopic (exact) mass is 443 g/mol. The lowest BCUT2D eigenvalue weighted by Gasteiger charge is -2.15. The van der Waals surface area contributed by atoms with Crippen LogP contribution in [-0.2, 0) is 6.42 Å². The molecule has 7 heteroatoms. The first kappa shape index (κ1) is 20.3. The quantitative estimate of drug-likeness (QED) is 0.292. The Balaban J connectivity index is 1.42. The fourth-order valence-corrected chi connectivity index (χ4v) is 4.07. The number of aromatic hydroxyl groups is 1. The third-order valence-electron chi connectivity index (χ3n) is 5.49. The summed E-state index contributed by atoms with van der Waals surface area (Å²) in [6.45, 7) is 0.529. The van der Waals surface area contributed by atoms with E-state index in [1.807, 2.05) is 42.6 Å². The molecular weight excluding hydrogens is 422 g/mol. The normalized spacial score (nSPS) is 12.3. The second kappa shape index (κ2) is 8.49. The summed E-state index contributed by atoms with van der Waals surface area (Å²) >= 11 is 6.14. The Morgan fingerprint density at radius 1 is 1.00 bits per heavy atom. The van der Waals surface area contributed by atoms with Crippen LogP contribution in [0.5, 0.6) is 5.75 Å². The Morgan fingerprint density at radius 3 is 2.66 bits per heavy atom. The number of fused-ring (bicyclic) bond motifs is 2. The molecular formula is C25H22ClN5O. The Labute approximate surface area is 190 Å². The fourth-order valence-electron chi connectivity index (χ4n) is 3.90. The zero-order valence-corrected chi connectivity index (χ0v) is 18.0. The van der Waals surface area contributed by atoms with Gasteiger partial charge in [-0.3, -0.25) is 0 Å². The highest BCUT2D eigenvalue weighted by Gasteiger charge is 2.14. The van der Waals surface area contributed by atoms with E-state index in [4.69, 9.17) is 17.3 Å². The molecule has 0 fully saturated rings. The van der Waals surface area contributed by atoms with Crippen LogP contribution in [0.15, 0.2) is 72.9 Å². The van der Waals surface area contributed by atoms with E-state index in [9.17, 15) is 5.11 Å². The smallest absolute Gasteiger partial charge is 0.165 e. The van der Waals surface area contributed by atoms with Crippen molar-refractivity contribution in [3.8, 4) is 17.1 Å². The predicted molar refractivity (Wildman–Crippen MR) is 130 cm³/mol. The van der Waals surface area contributed by atoms with E-state index in [1.165, 1.54) is 10.9 Å². The highest BCUT2D eigenvalue weighted by atomic mass is 35.5. The summed E-state index contributed by atoms with van der Waals surface area (Å²) in [5.74, 6) is 1.14. The first-order valence-electron chi connectivity index (χ1n) is 10.4. The summed E-state index contributed by atoms with van der Waals surface area (Å²) in [6.07, 6.45) is 2.74. The number of hydrogen-bond donors (Lipinski definition) is 4. The number of nitrogens with two attached hydrogens (primary N) is 1. The van der Waals surface area contributed by atoms with E-state index < -0.39 is 0 Å². The Morgan fingerprint density at radius 2 is 1.78 bits per heavy atom. The standard InChI is InChI=1S/C25H22ClN5O/c26-16-9-10-23(32)20(12-16)25-30-22-8-4-2-6-19(22)24(31-25)29-14-17(27)11-15-13-28-21-7-3-1-5-18(15)21/h1-10,12-13,17,28,32H,11,14,27H2,(H,29,30,31)/t17-/m0/s1. The number of benzene rings is 3. The molecule has 0 saturated heterocycles. The lowest BCUT2D eigenvalue weighted by Crippen LogP contribution is -2.31. The van der Waals surface area contributed by atoms with Crippen molar-refractivity contribution in [2.45, 2.75) is 12.5 Å². The number of aromatic amines is 1. The van der Waals surface area contributed by atoms with Crippen LogP contribution in [0.3, 0.4) is 0 Å². The first-order chi connectivity index (χ1) is 15.6. The summed E-state index contributed by atoms with van der Waals surface area (Å²) in [5.41, 5.74) is 10.0. The van der Waals surface area contributed by atoms with E-state index in [1.54, 1.807) is 18.2 Å². The molecule has 3 aromatic carbocycles. The van der Waals surface area contributed by atoms with Gasteiger partial charge in [0.1, 0.15) is 11.6 Å². The Hall–Kier alpha value is -3.61. The molecule has 6 nitrogen and oxygen atoms in total.